The molecule has 9 nitrogen and oxygen atoms in total. The molecule has 2 saturated carbocycles. The molecule has 0 spiro atoms. The zero-order valence-corrected chi connectivity index (χ0v) is 24.5. The number of nitrogens with zero attached hydrogens (tertiary/aromatic N) is 1. The van der Waals surface area contributed by atoms with Crippen LogP contribution in [0.3, 0.4) is 0 Å². The predicted octanol–water partition coefficient (Wildman–Crippen LogP) is 3.88. The number of aliphatic hydroxyl groups is 3. The largest absolute Gasteiger partial charge is 0.511 e. The highest BCUT2D eigenvalue weighted by Crippen LogP contribution is 2.66. The van der Waals surface area contributed by atoms with E-state index in [0.717, 1.165) is 6.42 Å². The minimum Gasteiger partial charge on any atom is -0.511 e. The highest BCUT2D eigenvalue weighted by atomic mass is 35.5. The molecule has 6 rings (SSSR count). The van der Waals surface area contributed by atoms with Gasteiger partial charge in [-0.2, -0.15) is 0 Å². The van der Waals surface area contributed by atoms with Gasteiger partial charge in [0, 0.05) is 35.5 Å². The summed E-state index contributed by atoms with van der Waals surface area (Å²) in [7, 11) is 2.08. The Morgan fingerprint density at radius 2 is 1.80 bits per heavy atom. The fraction of sp³-hybridized carbons (Fsp3) is 0.581. The van der Waals surface area contributed by atoms with E-state index in [9.17, 15) is 34.8 Å². The lowest BCUT2D eigenvalue weighted by Gasteiger charge is -2.45. The molecule has 0 radical (unpaired) electrons. The Labute approximate surface area is 243 Å². The van der Waals surface area contributed by atoms with Gasteiger partial charge >= 0.3 is 0 Å². The second kappa shape index (κ2) is 8.82. The molecule has 220 valence electrons. The average Bonchev–Trinajstić information content (AvgIpc) is 3.22. The molecule has 41 heavy (non-hydrogen) atoms. The molecule has 0 saturated heterocycles. The lowest BCUT2D eigenvalue weighted by molar-refractivity contribution is -0.144. The minimum absolute atomic E-state index is 0.0638. The Balaban J connectivity index is 1.36. The molecule has 1 aromatic carbocycles. The number of fused-ring (bicyclic) bond motifs is 5. The molecule has 2 fully saturated rings. The third-order valence-electron chi connectivity index (χ3n) is 11.8. The maximum absolute atomic E-state index is 13.8. The number of ketones is 2. The first kappa shape index (κ1) is 28.2. The summed E-state index contributed by atoms with van der Waals surface area (Å²) in [5.41, 5.74) is 3.19. The molecule has 6 N–H and O–H groups in total. The maximum atomic E-state index is 13.8. The number of carbonyl (C=O) groups is 3. The second-order valence-electron chi connectivity index (χ2n) is 13.7. The van der Waals surface area contributed by atoms with Gasteiger partial charge in [-0.3, -0.25) is 19.3 Å². The van der Waals surface area contributed by atoms with Crippen molar-refractivity contribution in [1.82, 2.24) is 4.90 Å². The first-order chi connectivity index (χ1) is 19.1. The van der Waals surface area contributed by atoms with Crippen LogP contribution in [0, 0.1) is 28.6 Å². The van der Waals surface area contributed by atoms with E-state index in [1.807, 2.05) is 0 Å². The van der Waals surface area contributed by atoms with Crippen molar-refractivity contribution in [2.24, 2.45) is 34.3 Å². The van der Waals surface area contributed by atoms with Crippen molar-refractivity contribution in [2.45, 2.75) is 77.5 Å². The fourth-order valence-electron chi connectivity index (χ4n) is 9.04. The molecule has 3 unspecified atom stereocenters. The molecule has 2 bridgehead atoms. The molecule has 5 aliphatic carbocycles. The van der Waals surface area contributed by atoms with Gasteiger partial charge in [0.2, 0.25) is 5.78 Å². The standard InChI is InChI=1S/C31H37ClN2O7/c1-29(2)15-5-6-30(29,3)20(11-15)34(4)12-14-9-18(35)22-17(24(14)32)8-13-7-16-10-19(36)23(28(33)40)27(39)31(16,41)26(38)21(13)25(22)37/h9,13,15-16,20,35-36,38,41H,5-8,10-12H2,1-4H3,(H2,33,40)/t13?,15?,16-,20-,30?,31-/m0/s1. The quantitative estimate of drug-likeness (QED) is 0.333. The van der Waals surface area contributed by atoms with Crippen LogP contribution >= 0.6 is 11.6 Å². The zero-order valence-electron chi connectivity index (χ0n) is 23.8. The number of phenols is 1. The van der Waals surface area contributed by atoms with Crippen molar-refractivity contribution >= 4 is 29.1 Å². The Kier molecular flexibility index (Phi) is 6.07. The van der Waals surface area contributed by atoms with Crippen molar-refractivity contribution in [3.8, 4) is 5.75 Å². The topological polar surface area (TPSA) is 161 Å². The van der Waals surface area contributed by atoms with Crippen molar-refractivity contribution in [2.75, 3.05) is 7.05 Å². The fourth-order valence-corrected chi connectivity index (χ4v) is 9.33. The van der Waals surface area contributed by atoms with Gasteiger partial charge in [-0.25, -0.2) is 0 Å². The lowest BCUT2D eigenvalue weighted by atomic mass is 9.60. The summed E-state index contributed by atoms with van der Waals surface area (Å²) >= 11 is 6.95. The number of hydrogen-bond donors (Lipinski definition) is 5. The van der Waals surface area contributed by atoms with Crippen LogP contribution in [0.25, 0.3) is 0 Å². The first-order valence-corrected chi connectivity index (χ1v) is 14.6. The number of nitrogens with two attached hydrogens (primary N) is 1. The highest BCUT2D eigenvalue weighted by Gasteiger charge is 2.62. The number of amides is 1. The number of aliphatic hydroxyl groups excluding tert-OH is 2. The molecule has 0 aliphatic heterocycles. The highest BCUT2D eigenvalue weighted by molar-refractivity contribution is 6.33. The van der Waals surface area contributed by atoms with E-state index in [1.54, 1.807) is 0 Å². The number of carbonyl (C=O) groups excluding carboxylic acids is 3. The molecule has 6 atom stereocenters. The number of rotatable bonds is 4. The third-order valence-corrected chi connectivity index (χ3v) is 12.2. The first-order valence-electron chi connectivity index (χ1n) is 14.3. The van der Waals surface area contributed by atoms with Crippen LogP contribution in [-0.2, 0) is 22.6 Å². The lowest BCUT2D eigenvalue weighted by Crippen LogP contribution is -2.57. The number of Topliss-reactive ketones (excluding diaryl/α,β-unsaturated/α-hetero) is 2. The van der Waals surface area contributed by atoms with Gasteiger partial charge in [0.1, 0.15) is 22.8 Å². The summed E-state index contributed by atoms with van der Waals surface area (Å²) in [6, 6.07) is 1.84. The van der Waals surface area contributed by atoms with Gasteiger partial charge in [0.05, 0.1) is 5.56 Å². The smallest absolute Gasteiger partial charge is 0.255 e. The number of hydrogen-bond acceptors (Lipinski definition) is 8. The normalized spacial score (nSPS) is 35.6. The van der Waals surface area contributed by atoms with Gasteiger partial charge in [-0.1, -0.05) is 32.4 Å². The molecule has 5 aliphatic rings. The van der Waals surface area contributed by atoms with Gasteiger partial charge < -0.3 is 26.2 Å². The van der Waals surface area contributed by atoms with Crippen LogP contribution in [0.2, 0.25) is 5.02 Å². The average molecular weight is 585 g/mol. The predicted molar refractivity (Wildman–Crippen MR) is 150 cm³/mol. The molecule has 1 aromatic rings. The van der Waals surface area contributed by atoms with Crippen LogP contribution in [0.15, 0.2) is 28.7 Å². The Morgan fingerprint density at radius 1 is 1.12 bits per heavy atom. The molecular formula is C31H37ClN2O7. The Hall–Kier alpha value is -2.88. The van der Waals surface area contributed by atoms with E-state index in [1.165, 1.54) is 18.9 Å². The van der Waals surface area contributed by atoms with E-state index in [2.05, 4.69) is 32.7 Å². The summed E-state index contributed by atoms with van der Waals surface area (Å²) in [5, 5.41) is 44.4. The van der Waals surface area contributed by atoms with E-state index in [0.29, 0.717) is 34.7 Å². The van der Waals surface area contributed by atoms with E-state index in [-0.39, 0.29) is 47.0 Å². The van der Waals surface area contributed by atoms with Crippen molar-refractivity contribution in [3.63, 3.8) is 0 Å². The number of phenolic OH excluding ortho intramolecular Hbond substituents is 1. The SMILES string of the molecule is CN(Cc1cc(O)c2c(c1Cl)CC1C[C@H]3CC(O)=C(C(N)=O)C(=O)[C@@]3(O)C(O)=C1C2=O)[C@H]1CC2CCC1(C)C2(C)C. The summed E-state index contributed by atoms with van der Waals surface area (Å²) in [6.07, 6.45) is 3.50. The van der Waals surface area contributed by atoms with Gasteiger partial charge in [-0.15, -0.1) is 0 Å². The molecular weight excluding hydrogens is 548 g/mol. The van der Waals surface area contributed by atoms with Crippen molar-refractivity contribution in [3.05, 3.63) is 50.4 Å². The van der Waals surface area contributed by atoms with Crippen LogP contribution in [0.1, 0.15) is 74.4 Å². The number of aromatic hydroxyl groups is 1. The number of benzene rings is 1. The molecule has 1 amide bonds. The maximum Gasteiger partial charge on any atom is 0.255 e. The number of halogens is 1. The Morgan fingerprint density at radius 3 is 2.39 bits per heavy atom. The second-order valence-corrected chi connectivity index (χ2v) is 14.1. The summed E-state index contributed by atoms with van der Waals surface area (Å²) in [4.78, 5) is 41.0. The van der Waals surface area contributed by atoms with Crippen LogP contribution in [0.5, 0.6) is 5.75 Å². The van der Waals surface area contributed by atoms with E-state index < -0.39 is 52.0 Å². The van der Waals surface area contributed by atoms with Crippen LogP contribution < -0.4 is 5.73 Å². The minimum atomic E-state index is -2.58. The van der Waals surface area contributed by atoms with Gasteiger partial charge in [0.25, 0.3) is 5.91 Å². The van der Waals surface area contributed by atoms with Crippen LogP contribution in [-0.4, -0.2) is 61.5 Å². The van der Waals surface area contributed by atoms with Gasteiger partial charge in [-0.05, 0) is 79.0 Å². The van der Waals surface area contributed by atoms with E-state index in [4.69, 9.17) is 17.3 Å². The van der Waals surface area contributed by atoms with Crippen LogP contribution in [0.4, 0.5) is 0 Å². The third kappa shape index (κ3) is 3.52. The summed E-state index contributed by atoms with van der Waals surface area (Å²) < 4.78 is 0. The zero-order chi connectivity index (χ0) is 30.0. The van der Waals surface area contributed by atoms with Crippen molar-refractivity contribution < 1.29 is 34.8 Å². The van der Waals surface area contributed by atoms with E-state index >= 15 is 0 Å². The monoisotopic (exact) mass is 584 g/mol. The summed E-state index contributed by atoms with van der Waals surface area (Å²) in [5.74, 6) is -5.83. The summed E-state index contributed by atoms with van der Waals surface area (Å²) in [6.45, 7) is 7.57. The molecule has 10 heteroatoms. The van der Waals surface area contributed by atoms with Crippen molar-refractivity contribution in [1.29, 1.82) is 0 Å². The molecule has 0 aromatic heterocycles. The number of allylic oxidation sites excluding steroid dienone is 2. The Bertz CT molecular complexity index is 1500. The molecule has 0 heterocycles. The number of primary amides is 1. The van der Waals surface area contributed by atoms with Gasteiger partial charge in [0.15, 0.2) is 11.4 Å².